The van der Waals surface area contributed by atoms with Gasteiger partial charge in [0, 0.05) is 19.0 Å². The van der Waals surface area contributed by atoms with Gasteiger partial charge in [-0.15, -0.1) is 0 Å². The summed E-state index contributed by atoms with van der Waals surface area (Å²) in [6.45, 7) is 3.24. The van der Waals surface area contributed by atoms with Gasteiger partial charge < -0.3 is 9.84 Å². The highest BCUT2D eigenvalue weighted by Gasteiger charge is 2.19. The maximum absolute atomic E-state index is 4.70. The molecule has 1 heterocycles. The van der Waals surface area contributed by atoms with Crippen molar-refractivity contribution in [3.63, 3.8) is 0 Å². The van der Waals surface area contributed by atoms with Crippen molar-refractivity contribution in [1.82, 2.24) is 15.5 Å². The van der Waals surface area contributed by atoms with Gasteiger partial charge in [0.2, 0.25) is 6.39 Å². The van der Waals surface area contributed by atoms with E-state index in [0.717, 1.165) is 24.7 Å². The standard InChI is InChI=1S/C12H21N3O/c1-10(11-5-3-2-4-6-11)13-8-7-12-14-9-16-15-12/h9-11,13H,2-8H2,1H3. The van der Waals surface area contributed by atoms with Gasteiger partial charge in [0.15, 0.2) is 5.82 Å². The Morgan fingerprint density at radius 1 is 1.44 bits per heavy atom. The van der Waals surface area contributed by atoms with Crippen molar-refractivity contribution in [3.8, 4) is 0 Å². The van der Waals surface area contributed by atoms with Crippen LogP contribution in [0, 0.1) is 5.92 Å². The van der Waals surface area contributed by atoms with Gasteiger partial charge in [0.1, 0.15) is 0 Å². The van der Waals surface area contributed by atoms with E-state index < -0.39 is 0 Å². The van der Waals surface area contributed by atoms with Gasteiger partial charge in [-0.2, -0.15) is 4.98 Å². The number of nitrogens with zero attached hydrogens (tertiary/aromatic N) is 2. The molecule has 0 saturated heterocycles. The van der Waals surface area contributed by atoms with E-state index in [2.05, 4.69) is 22.4 Å². The first kappa shape index (κ1) is 11.6. The summed E-state index contributed by atoms with van der Waals surface area (Å²) >= 11 is 0. The molecule has 0 radical (unpaired) electrons. The van der Waals surface area contributed by atoms with Crippen LogP contribution >= 0.6 is 0 Å². The van der Waals surface area contributed by atoms with E-state index in [1.165, 1.54) is 38.5 Å². The van der Waals surface area contributed by atoms with Gasteiger partial charge in [0.05, 0.1) is 0 Å². The summed E-state index contributed by atoms with van der Waals surface area (Å²) in [6, 6.07) is 0.618. The van der Waals surface area contributed by atoms with E-state index in [1.54, 1.807) is 0 Å². The second-order valence-corrected chi connectivity index (χ2v) is 4.74. The monoisotopic (exact) mass is 223 g/mol. The second kappa shape index (κ2) is 5.99. The Labute approximate surface area is 96.8 Å². The minimum atomic E-state index is 0.618. The van der Waals surface area contributed by atoms with Crippen LogP contribution in [0.5, 0.6) is 0 Å². The maximum atomic E-state index is 4.70. The normalized spacial score (nSPS) is 19.8. The van der Waals surface area contributed by atoms with Gasteiger partial charge in [0.25, 0.3) is 0 Å². The lowest BCUT2D eigenvalue weighted by molar-refractivity contribution is 0.282. The largest absolute Gasteiger partial charge is 0.343 e. The molecular weight excluding hydrogens is 202 g/mol. The molecule has 4 heteroatoms. The molecule has 0 bridgehead atoms. The Hall–Kier alpha value is -0.900. The molecule has 2 rings (SSSR count). The zero-order chi connectivity index (χ0) is 11.2. The summed E-state index contributed by atoms with van der Waals surface area (Å²) < 4.78 is 4.70. The Morgan fingerprint density at radius 3 is 2.94 bits per heavy atom. The molecule has 1 aromatic heterocycles. The summed E-state index contributed by atoms with van der Waals surface area (Å²) in [5.74, 6) is 1.65. The molecule has 0 aromatic carbocycles. The van der Waals surface area contributed by atoms with E-state index in [4.69, 9.17) is 4.52 Å². The number of hydrogen-bond donors (Lipinski definition) is 1. The summed E-state index contributed by atoms with van der Waals surface area (Å²) in [4.78, 5) is 4.01. The van der Waals surface area contributed by atoms with Gasteiger partial charge in [-0.3, -0.25) is 0 Å². The number of aromatic nitrogens is 2. The van der Waals surface area contributed by atoms with Gasteiger partial charge in [-0.05, 0) is 25.7 Å². The first-order valence-corrected chi connectivity index (χ1v) is 6.35. The SMILES string of the molecule is CC(NCCc1ncon1)C1CCCCC1. The molecule has 0 aliphatic heterocycles. The Morgan fingerprint density at radius 2 is 2.25 bits per heavy atom. The number of nitrogens with one attached hydrogen (secondary N) is 1. The average molecular weight is 223 g/mol. The summed E-state index contributed by atoms with van der Waals surface area (Å²) in [7, 11) is 0. The minimum Gasteiger partial charge on any atom is -0.343 e. The van der Waals surface area contributed by atoms with Crippen LogP contribution in [-0.4, -0.2) is 22.7 Å². The van der Waals surface area contributed by atoms with Crippen molar-refractivity contribution >= 4 is 0 Å². The number of hydrogen-bond acceptors (Lipinski definition) is 4. The van der Waals surface area contributed by atoms with Crippen molar-refractivity contribution in [2.45, 2.75) is 51.5 Å². The Bertz CT molecular complexity index is 280. The van der Waals surface area contributed by atoms with Gasteiger partial charge in [-0.1, -0.05) is 24.4 Å². The predicted octanol–water partition coefficient (Wildman–Crippen LogP) is 2.17. The lowest BCUT2D eigenvalue weighted by Crippen LogP contribution is -2.35. The van der Waals surface area contributed by atoms with E-state index in [1.807, 2.05) is 0 Å². The first-order valence-electron chi connectivity index (χ1n) is 6.35. The van der Waals surface area contributed by atoms with E-state index in [-0.39, 0.29) is 0 Å². The highest BCUT2D eigenvalue weighted by atomic mass is 16.5. The van der Waals surface area contributed by atoms with Crippen molar-refractivity contribution in [2.24, 2.45) is 5.92 Å². The quantitative estimate of drug-likeness (QED) is 0.831. The van der Waals surface area contributed by atoms with E-state index >= 15 is 0 Å². The summed E-state index contributed by atoms with van der Waals surface area (Å²) in [5.41, 5.74) is 0. The molecule has 0 spiro atoms. The molecule has 1 N–H and O–H groups in total. The van der Waals surface area contributed by atoms with E-state index in [0.29, 0.717) is 6.04 Å². The maximum Gasteiger partial charge on any atom is 0.213 e. The highest BCUT2D eigenvalue weighted by molar-refractivity contribution is 4.81. The fourth-order valence-electron chi connectivity index (χ4n) is 2.52. The van der Waals surface area contributed by atoms with Crippen LogP contribution in [0.4, 0.5) is 0 Å². The molecule has 1 unspecified atom stereocenters. The third-order valence-corrected chi connectivity index (χ3v) is 3.58. The molecule has 1 atom stereocenters. The van der Waals surface area contributed by atoms with Crippen LogP contribution in [0.15, 0.2) is 10.9 Å². The van der Waals surface area contributed by atoms with Crippen molar-refractivity contribution in [1.29, 1.82) is 0 Å². The topological polar surface area (TPSA) is 51.0 Å². The molecule has 1 aromatic rings. The Balaban J connectivity index is 1.65. The van der Waals surface area contributed by atoms with Crippen LogP contribution in [0.25, 0.3) is 0 Å². The molecule has 1 fully saturated rings. The lowest BCUT2D eigenvalue weighted by atomic mass is 9.84. The predicted molar refractivity (Wildman–Crippen MR) is 62.0 cm³/mol. The second-order valence-electron chi connectivity index (χ2n) is 4.74. The zero-order valence-electron chi connectivity index (χ0n) is 9.98. The van der Waals surface area contributed by atoms with Gasteiger partial charge in [-0.25, -0.2) is 0 Å². The molecule has 1 aliphatic carbocycles. The zero-order valence-corrected chi connectivity index (χ0v) is 9.98. The third kappa shape index (κ3) is 3.30. The van der Waals surface area contributed by atoms with E-state index in [9.17, 15) is 0 Å². The number of rotatable bonds is 5. The summed E-state index contributed by atoms with van der Waals surface area (Å²) in [6.07, 6.45) is 9.25. The molecule has 90 valence electrons. The molecular formula is C12H21N3O. The molecule has 1 aliphatic rings. The molecule has 16 heavy (non-hydrogen) atoms. The molecule has 4 nitrogen and oxygen atoms in total. The molecule has 0 amide bonds. The molecule has 1 saturated carbocycles. The van der Waals surface area contributed by atoms with Crippen molar-refractivity contribution in [3.05, 3.63) is 12.2 Å². The average Bonchev–Trinajstić information content (AvgIpc) is 2.83. The smallest absolute Gasteiger partial charge is 0.213 e. The van der Waals surface area contributed by atoms with Crippen LogP contribution in [0.3, 0.4) is 0 Å². The van der Waals surface area contributed by atoms with Crippen molar-refractivity contribution < 1.29 is 4.52 Å². The fourth-order valence-corrected chi connectivity index (χ4v) is 2.52. The third-order valence-electron chi connectivity index (χ3n) is 3.58. The minimum absolute atomic E-state index is 0.618. The fraction of sp³-hybridized carbons (Fsp3) is 0.833. The Kier molecular flexibility index (Phi) is 4.34. The summed E-state index contributed by atoms with van der Waals surface area (Å²) in [5, 5.41) is 7.37. The van der Waals surface area contributed by atoms with Crippen molar-refractivity contribution in [2.75, 3.05) is 6.54 Å². The lowest BCUT2D eigenvalue weighted by Gasteiger charge is -2.28. The van der Waals surface area contributed by atoms with Crippen LogP contribution < -0.4 is 5.32 Å². The first-order chi connectivity index (χ1) is 7.86. The van der Waals surface area contributed by atoms with Gasteiger partial charge >= 0.3 is 0 Å². The van der Waals surface area contributed by atoms with Crippen LogP contribution in [0.2, 0.25) is 0 Å². The van der Waals surface area contributed by atoms with Crippen LogP contribution in [-0.2, 0) is 6.42 Å². The highest BCUT2D eigenvalue weighted by Crippen LogP contribution is 2.26. The van der Waals surface area contributed by atoms with Crippen LogP contribution in [0.1, 0.15) is 44.9 Å².